The fraction of sp³-hybridized carbons (Fsp3) is 0.0741. The van der Waals surface area contributed by atoms with Crippen LogP contribution in [0.1, 0.15) is 11.1 Å². The first-order valence-electron chi connectivity index (χ1n) is 11.0. The second-order valence-electron chi connectivity index (χ2n) is 8.18. The minimum atomic E-state index is -0.584. The molecule has 9 heteroatoms. The van der Waals surface area contributed by atoms with Gasteiger partial charge in [0.25, 0.3) is 11.5 Å². The number of nitrogens with zero attached hydrogens (tertiary/aromatic N) is 3. The summed E-state index contributed by atoms with van der Waals surface area (Å²) in [5.74, 6) is -0.584. The summed E-state index contributed by atoms with van der Waals surface area (Å²) >= 11 is 6.01. The van der Waals surface area contributed by atoms with Gasteiger partial charge in [0, 0.05) is 16.0 Å². The van der Waals surface area contributed by atoms with Crippen molar-refractivity contribution in [3.63, 3.8) is 0 Å². The van der Waals surface area contributed by atoms with Crippen molar-refractivity contribution in [2.45, 2.75) is 13.5 Å². The van der Waals surface area contributed by atoms with E-state index in [1.807, 2.05) is 19.1 Å². The first-order chi connectivity index (χ1) is 17.4. The molecule has 0 spiro atoms. The van der Waals surface area contributed by atoms with Gasteiger partial charge in [-0.05, 0) is 37.3 Å². The lowest BCUT2D eigenvalue weighted by Gasteiger charge is -2.11. The van der Waals surface area contributed by atoms with E-state index in [2.05, 4.69) is 15.6 Å². The molecular weight excluding hydrogens is 480 g/mol. The van der Waals surface area contributed by atoms with Crippen LogP contribution in [-0.2, 0) is 11.3 Å². The average Bonchev–Trinajstić information content (AvgIpc) is 2.88. The second-order valence-corrected chi connectivity index (χ2v) is 8.61. The predicted molar refractivity (Wildman–Crippen MR) is 139 cm³/mol. The van der Waals surface area contributed by atoms with Gasteiger partial charge in [-0.15, -0.1) is 0 Å². The van der Waals surface area contributed by atoms with Crippen LogP contribution in [0.25, 0.3) is 33.0 Å². The molecule has 0 fully saturated rings. The van der Waals surface area contributed by atoms with Crippen molar-refractivity contribution in [1.29, 1.82) is 0 Å². The maximum absolute atomic E-state index is 13.0. The Morgan fingerprint density at radius 3 is 2.58 bits per heavy atom. The van der Waals surface area contributed by atoms with Gasteiger partial charge in [0.2, 0.25) is 5.43 Å². The maximum atomic E-state index is 13.0. The van der Waals surface area contributed by atoms with Crippen molar-refractivity contribution >= 4 is 45.5 Å². The van der Waals surface area contributed by atoms with Crippen LogP contribution in [-0.4, -0.2) is 21.9 Å². The van der Waals surface area contributed by atoms with Gasteiger partial charge >= 0.3 is 0 Å². The van der Waals surface area contributed by atoms with E-state index in [-0.39, 0.29) is 17.5 Å². The third-order valence-electron chi connectivity index (χ3n) is 5.63. The minimum absolute atomic E-state index is 0.180. The molecule has 0 aliphatic carbocycles. The van der Waals surface area contributed by atoms with Crippen LogP contribution in [0.5, 0.6) is 0 Å². The Kier molecular flexibility index (Phi) is 6.18. The molecule has 0 saturated heterocycles. The number of rotatable bonds is 5. The quantitative estimate of drug-likeness (QED) is 0.287. The number of hydrogen-bond donors (Lipinski definition) is 1. The zero-order valence-electron chi connectivity index (χ0n) is 19.1. The van der Waals surface area contributed by atoms with Gasteiger partial charge < -0.3 is 4.42 Å². The summed E-state index contributed by atoms with van der Waals surface area (Å²) in [5, 5.41) is 10.4. The number of aryl methyl sites for hydroxylation is 1. The van der Waals surface area contributed by atoms with Crippen LogP contribution in [0.3, 0.4) is 0 Å². The van der Waals surface area contributed by atoms with E-state index in [1.54, 1.807) is 54.6 Å². The monoisotopic (exact) mass is 498 g/mol. The summed E-state index contributed by atoms with van der Waals surface area (Å²) in [6.07, 6.45) is 2.49. The largest absolute Gasteiger partial charge is 0.463 e. The Labute approximate surface area is 209 Å². The number of aromatic nitrogens is 2. The highest BCUT2D eigenvalue weighted by atomic mass is 35.5. The Hall–Kier alpha value is -4.56. The fourth-order valence-corrected chi connectivity index (χ4v) is 3.98. The van der Waals surface area contributed by atoms with E-state index < -0.39 is 11.5 Å². The van der Waals surface area contributed by atoms with Crippen molar-refractivity contribution in [1.82, 2.24) is 15.2 Å². The van der Waals surface area contributed by atoms with Crippen molar-refractivity contribution < 1.29 is 9.21 Å². The van der Waals surface area contributed by atoms with Gasteiger partial charge in [0.05, 0.1) is 28.2 Å². The normalized spacial score (nSPS) is 11.4. The van der Waals surface area contributed by atoms with E-state index in [1.165, 1.54) is 12.5 Å². The van der Waals surface area contributed by atoms with Crippen LogP contribution in [0.4, 0.5) is 0 Å². The first-order valence-corrected chi connectivity index (χ1v) is 11.4. The van der Waals surface area contributed by atoms with Crippen molar-refractivity contribution in [3.05, 3.63) is 110 Å². The third-order valence-corrected chi connectivity index (χ3v) is 5.88. The van der Waals surface area contributed by atoms with Crippen molar-refractivity contribution in [2.24, 2.45) is 5.10 Å². The molecule has 0 unspecified atom stereocenters. The van der Waals surface area contributed by atoms with Gasteiger partial charge in [-0.25, -0.2) is 10.1 Å². The van der Waals surface area contributed by atoms with E-state index in [0.717, 1.165) is 15.8 Å². The molecule has 36 heavy (non-hydrogen) atoms. The maximum Gasteiger partial charge on any atom is 0.275 e. The lowest BCUT2D eigenvalue weighted by atomic mass is 10.1. The SMILES string of the molecule is Cc1ccc2occ(/C=N/NC(=O)Cn3nc(-c4ccc(Cl)cc4)c4ccccc4c3=O)c(=O)c2c1. The molecule has 2 aromatic heterocycles. The summed E-state index contributed by atoms with van der Waals surface area (Å²) in [4.78, 5) is 38.3. The summed E-state index contributed by atoms with van der Waals surface area (Å²) < 4.78 is 6.57. The standard InChI is InChI=1S/C27H19ClN4O4/c1-16-6-11-23-22(12-16)26(34)18(15-36-23)13-29-30-24(33)14-32-27(35)21-5-3-2-4-20(21)25(31-32)17-7-9-19(28)10-8-17/h2-13,15H,14H2,1H3,(H,30,33)/b29-13+. The third kappa shape index (κ3) is 4.54. The number of carbonyl (C=O) groups excluding carboxylic acids is 1. The molecule has 1 amide bonds. The molecule has 0 aliphatic rings. The highest BCUT2D eigenvalue weighted by molar-refractivity contribution is 6.30. The minimum Gasteiger partial charge on any atom is -0.463 e. The number of amides is 1. The summed E-state index contributed by atoms with van der Waals surface area (Å²) in [7, 11) is 0. The van der Waals surface area contributed by atoms with Gasteiger partial charge in [0.15, 0.2) is 0 Å². The molecule has 3 aromatic carbocycles. The Balaban J connectivity index is 1.41. The number of nitrogens with one attached hydrogen (secondary N) is 1. The number of halogens is 1. The lowest BCUT2D eigenvalue weighted by molar-refractivity contribution is -0.121. The predicted octanol–water partition coefficient (Wildman–Crippen LogP) is 4.28. The molecule has 0 saturated carbocycles. The summed E-state index contributed by atoms with van der Waals surface area (Å²) in [5.41, 5.74) is 4.52. The second kappa shape index (κ2) is 9.59. The molecular formula is C27H19ClN4O4. The van der Waals surface area contributed by atoms with Crippen molar-refractivity contribution in [3.8, 4) is 11.3 Å². The molecule has 0 aliphatic heterocycles. The van der Waals surface area contributed by atoms with E-state index in [9.17, 15) is 14.4 Å². The molecule has 2 heterocycles. The molecule has 5 aromatic rings. The Bertz CT molecular complexity index is 1770. The van der Waals surface area contributed by atoms with Crippen LogP contribution in [0.2, 0.25) is 5.02 Å². The van der Waals surface area contributed by atoms with Gasteiger partial charge in [-0.3, -0.25) is 14.4 Å². The van der Waals surface area contributed by atoms with Gasteiger partial charge in [-0.1, -0.05) is 53.6 Å². The highest BCUT2D eigenvalue weighted by Gasteiger charge is 2.14. The summed E-state index contributed by atoms with van der Waals surface area (Å²) in [6, 6.07) is 19.4. The smallest absolute Gasteiger partial charge is 0.275 e. The van der Waals surface area contributed by atoms with Crippen LogP contribution >= 0.6 is 11.6 Å². The zero-order valence-corrected chi connectivity index (χ0v) is 19.8. The van der Waals surface area contributed by atoms with Crippen LogP contribution in [0.15, 0.2) is 92.1 Å². The lowest BCUT2D eigenvalue weighted by Crippen LogP contribution is -2.32. The fourth-order valence-electron chi connectivity index (χ4n) is 3.86. The zero-order chi connectivity index (χ0) is 25.2. The molecule has 1 N–H and O–H groups in total. The Morgan fingerprint density at radius 1 is 1.06 bits per heavy atom. The van der Waals surface area contributed by atoms with Crippen LogP contribution < -0.4 is 16.4 Å². The van der Waals surface area contributed by atoms with E-state index in [4.69, 9.17) is 16.0 Å². The molecule has 0 atom stereocenters. The molecule has 0 radical (unpaired) electrons. The first kappa shape index (κ1) is 23.2. The van der Waals surface area contributed by atoms with E-state index >= 15 is 0 Å². The van der Waals surface area contributed by atoms with Gasteiger partial charge in [-0.2, -0.15) is 10.2 Å². The molecule has 178 valence electrons. The number of fused-ring (bicyclic) bond motifs is 2. The van der Waals surface area contributed by atoms with Gasteiger partial charge in [0.1, 0.15) is 18.4 Å². The Morgan fingerprint density at radius 2 is 1.81 bits per heavy atom. The number of benzene rings is 3. The highest BCUT2D eigenvalue weighted by Crippen LogP contribution is 2.25. The van der Waals surface area contributed by atoms with Crippen molar-refractivity contribution in [2.75, 3.05) is 0 Å². The molecule has 5 rings (SSSR count). The van der Waals surface area contributed by atoms with E-state index in [0.29, 0.717) is 32.5 Å². The number of carbonyl (C=O) groups is 1. The van der Waals surface area contributed by atoms with Crippen LogP contribution in [0, 0.1) is 6.92 Å². The summed E-state index contributed by atoms with van der Waals surface area (Å²) in [6.45, 7) is 1.51. The molecule has 0 bridgehead atoms. The number of hydrazone groups is 1. The molecule has 8 nitrogen and oxygen atoms in total. The number of hydrogen-bond acceptors (Lipinski definition) is 6. The average molecular weight is 499 g/mol. The topological polar surface area (TPSA) is 107 Å².